The number of nitrogens with zero attached hydrogens (tertiary/aromatic N) is 2. The fourth-order valence-electron chi connectivity index (χ4n) is 1.79. The molecule has 1 amide bonds. The summed E-state index contributed by atoms with van der Waals surface area (Å²) >= 11 is 0. The van der Waals surface area contributed by atoms with E-state index in [4.69, 9.17) is 15.6 Å². The lowest BCUT2D eigenvalue weighted by Crippen LogP contribution is -2.52. The topological polar surface area (TPSA) is 88.7 Å². The minimum absolute atomic E-state index is 0.0460. The zero-order valence-corrected chi connectivity index (χ0v) is 9.37. The fraction of sp³-hybridized carbons (Fsp3) is 0.455. The number of aliphatic hydroxyl groups excluding tert-OH is 1. The van der Waals surface area contributed by atoms with Gasteiger partial charge in [-0.3, -0.25) is 4.79 Å². The summed E-state index contributed by atoms with van der Waals surface area (Å²) in [4.78, 5) is 17.3. The van der Waals surface area contributed by atoms with Crippen molar-refractivity contribution in [2.75, 3.05) is 24.7 Å². The second-order valence-corrected chi connectivity index (χ2v) is 3.87. The Balaban J connectivity index is 2.20. The lowest BCUT2D eigenvalue weighted by molar-refractivity contribution is -0.121. The van der Waals surface area contributed by atoms with E-state index in [0.29, 0.717) is 25.6 Å². The average Bonchev–Trinajstić information content (AvgIpc) is 2.39. The molecule has 1 atom stereocenters. The molecule has 1 aliphatic rings. The Bertz CT molecular complexity index is 393. The van der Waals surface area contributed by atoms with Crippen LogP contribution in [0.25, 0.3) is 0 Å². The Labute approximate surface area is 99.0 Å². The molecule has 92 valence electrons. The van der Waals surface area contributed by atoms with Gasteiger partial charge in [-0.25, -0.2) is 4.98 Å². The number of nitrogens with two attached hydrogens (primary N) is 1. The van der Waals surface area contributed by atoms with Crippen LogP contribution in [0.4, 0.5) is 5.82 Å². The maximum Gasteiger partial charge on any atom is 0.242 e. The first-order chi connectivity index (χ1) is 8.22. The summed E-state index contributed by atoms with van der Waals surface area (Å²) < 4.78 is 5.23. The van der Waals surface area contributed by atoms with E-state index in [1.165, 1.54) is 0 Å². The molecule has 2 heterocycles. The summed E-state index contributed by atoms with van der Waals surface area (Å²) in [6, 6.07) is 3.07. The smallest absolute Gasteiger partial charge is 0.242 e. The standard InChI is InChI=1S/C11H15N3O3/c12-11(16)9-7-17-4-3-14(9)10-2-1-8(6-15)5-13-10/h1-2,5,9,15H,3-4,6-7H2,(H2,12,16). The third-order valence-electron chi connectivity index (χ3n) is 2.74. The molecule has 2 rings (SSSR count). The minimum atomic E-state index is -0.476. The third kappa shape index (κ3) is 2.54. The summed E-state index contributed by atoms with van der Waals surface area (Å²) in [6.07, 6.45) is 1.59. The van der Waals surface area contributed by atoms with Crippen LogP contribution in [-0.2, 0) is 16.1 Å². The van der Waals surface area contributed by atoms with Crippen LogP contribution in [0.2, 0.25) is 0 Å². The van der Waals surface area contributed by atoms with Crippen LogP contribution < -0.4 is 10.6 Å². The minimum Gasteiger partial charge on any atom is -0.392 e. The van der Waals surface area contributed by atoms with Crippen molar-refractivity contribution in [2.45, 2.75) is 12.6 Å². The number of aliphatic hydroxyl groups is 1. The zero-order valence-electron chi connectivity index (χ0n) is 9.37. The molecule has 0 radical (unpaired) electrons. The molecule has 1 fully saturated rings. The van der Waals surface area contributed by atoms with Gasteiger partial charge in [0, 0.05) is 12.7 Å². The highest BCUT2D eigenvalue weighted by atomic mass is 16.5. The van der Waals surface area contributed by atoms with Gasteiger partial charge >= 0.3 is 0 Å². The molecular weight excluding hydrogens is 222 g/mol. The first-order valence-corrected chi connectivity index (χ1v) is 5.42. The fourth-order valence-corrected chi connectivity index (χ4v) is 1.79. The molecule has 0 spiro atoms. The average molecular weight is 237 g/mol. The first-order valence-electron chi connectivity index (χ1n) is 5.42. The molecule has 1 saturated heterocycles. The van der Waals surface area contributed by atoms with Gasteiger partial charge in [-0.1, -0.05) is 6.07 Å². The van der Waals surface area contributed by atoms with Gasteiger partial charge in [0.25, 0.3) is 0 Å². The van der Waals surface area contributed by atoms with Crippen molar-refractivity contribution in [3.63, 3.8) is 0 Å². The molecule has 0 saturated carbocycles. The van der Waals surface area contributed by atoms with E-state index in [9.17, 15) is 4.79 Å². The van der Waals surface area contributed by atoms with Gasteiger partial charge in [-0.2, -0.15) is 0 Å². The number of aromatic nitrogens is 1. The van der Waals surface area contributed by atoms with E-state index in [-0.39, 0.29) is 6.61 Å². The quantitative estimate of drug-likeness (QED) is 0.723. The Morgan fingerprint density at radius 1 is 1.65 bits per heavy atom. The molecule has 6 heteroatoms. The number of rotatable bonds is 3. The number of pyridine rings is 1. The highest BCUT2D eigenvalue weighted by Crippen LogP contribution is 2.17. The molecule has 1 unspecified atom stereocenters. The Morgan fingerprint density at radius 3 is 3.06 bits per heavy atom. The molecule has 1 aliphatic heterocycles. The van der Waals surface area contributed by atoms with Crippen LogP contribution in [0.5, 0.6) is 0 Å². The van der Waals surface area contributed by atoms with E-state index in [2.05, 4.69) is 4.98 Å². The van der Waals surface area contributed by atoms with Crippen LogP contribution in [0, 0.1) is 0 Å². The van der Waals surface area contributed by atoms with Gasteiger partial charge < -0.3 is 20.5 Å². The number of amides is 1. The Kier molecular flexibility index (Phi) is 3.55. The molecule has 3 N–H and O–H groups in total. The summed E-state index contributed by atoms with van der Waals surface area (Å²) in [6.45, 7) is 1.38. The number of primary amides is 1. The first kappa shape index (κ1) is 11.8. The number of hydrogen-bond acceptors (Lipinski definition) is 5. The zero-order chi connectivity index (χ0) is 12.3. The molecule has 6 nitrogen and oxygen atoms in total. The van der Waals surface area contributed by atoms with Crippen molar-refractivity contribution in [1.82, 2.24) is 4.98 Å². The molecule has 0 aromatic carbocycles. The Morgan fingerprint density at radius 2 is 2.47 bits per heavy atom. The molecule has 1 aromatic heterocycles. The largest absolute Gasteiger partial charge is 0.392 e. The molecular formula is C11H15N3O3. The highest BCUT2D eigenvalue weighted by Gasteiger charge is 2.28. The SMILES string of the molecule is NC(=O)C1COCCN1c1ccc(CO)cn1. The van der Waals surface area contributed by atoms with Crippen molar-refractivity contribution in [3.05, 3.63) is 23.9 Å². The van der Waals surface area contributed by atoms with Gasteiger partial charge in [-0.05, 0) is 11.6 Å². The summed E-state index contributed by atoms with van der Waals surface area (Å²) in [5.74, 6) is 0.257. The molecule has 1 aromatic rings. The Hall–Kier alpha value is -1.66. The third-order valence-corrected chi connectivity index (χ3v) is 2.74. The van der Waals surface area contributed by atoms with Crippen molar-refractivity contribution < 1.29 is 14.6 Å². The van der Waals surface area contributed by atoms with Gasteiger partial charge in [-0.15, -0.1) is 0 Å². The van der Waals surface area contributed by atoms with Crippen LogP contribution >= 0.6 is 0 Å². The van der Waals surface area contributed by atoms with Crippen LogP contribution in [-0.4, -0.2) is 41.8 Å². The summed E-state index contributed by atoms with van der Waals surface area (Å²) in [5, 5.41) is 8.93. The lowest BCUT2D eigenvalue weighted by Gasteiger charge is -2.34. The normalized spacial score (nSPS) is 20.3. The van der Waals surface area contributed by atoms with Gasteiger partial charge in [0.1, 0.15) is 11.9 Å². The van der Waals surface area contributed by atoms with E-state index >= 15 is 0 Å². The number of ether oxygens (including phenoxy) is 1. The van der Waals surface area contributed by atoms with Crippen molar-refractivity contribution in [3.8, 4) is 0 Å². The lowest BCUT2D eigenvalue weighted by atomic mass is 10.2. The van der Waals surface area contributed by atoms with Crippen molar-refractivity contribution in [2.24, 2.45) is 5.73 Å². The monoisotopic (exact) mass is 237 g/mol. The van der Waals surface area contributed by atoms with E-state index < -0.39 is 11.9 Å². The number of morpholine rings is 1. The highest BCUT2D eigenvalue weighted by molar-refractivity contribution is 5.83. The van der Waals surface area contributed by atoms with E-state index in [1.807, 2.05) is 4.90 Å². The van der Waals surface area contributed by atoms with Crippen LogP contribution in [0.15, 0.2) is 18.3 Å². The van der Waals surface area contributed by atoms with Crippen LogP contribution in [0.1, 0.15) is 5.56 Å². The number of carbonyl (C=O) groups is 1. The number of hydrogen-bond donors (Lipinski definition) is 2. The predicted octanol–water partition coefficient (Wildman–Crippen LogP) is -0.736. The number of anilines is 1. The maximum atomic E-state index is 11.3. The van der Waals surface area contributed by atoms with Crippen molar-refractivity contribution >= 4 is 11.7 Å². The van der Waals surface area contributed by atoms with Gasteiger partial charge in [0.15, 0.2) is 0 Å². The molecule has 0 bridgehead atoms. The summed E-state index contributed by atoms with van der Waals surface area (Å²) in [5.41, 5.74) is 6.06. The van der Waals surface area contributed by atoms with Gasteiger partial charge in [0.05, 0.1) is 19.8 Å². The second-order valence-electron chi connectivity index (χ2n) is 3.87. The van der Waals surface area contributed by atoms with E-state index in [0.717, 1.165) is 5.56 Å². The van der Waals surface area contributed by atoms with Crippen molar-refractivity contribution in [1.29, 1.82) is 0 Å². The molecule has 0 aliphatic carbocycles. The number of carbonyl (C=O) groups excluding carboxylic acids is 1. The maximum absolute atomic E-state index is 11.3. The molecule has 17 heavy (non-hydrogen) atoms. The van der Waals surface area contributed by atoms with Gasteiger partial charge in [0.2, 0.25) is 5.91 Å². The predicted molar refractivity (Wildman–Crippen MR) is 61.3 cm³/mol. The second kappa shape index (κ2) is 5.11. The van der Waals surface area contributed by atoms with Crippen LogP contribution in [0.3, 0.4) is 0 Å². The summed E-state index contributed by atoms with van der Waals surface area (Å²) in [7, 11) is 0. The van der Waals surface area contributed by atoms with E-state index in [1.54, 1.807) is 18.3 Å².